The third kappa shape index (κ3) is 2.33. The lowest BCUT2D eigenvalue weighted by atomic mass is 9.80. The average molecular weight is 252 g/mol. The number of carboxylic acids is 1. The molecule has 2 rings (SSSR count). The number of carbonyl (C=O) groups is 1. The smallest absolute Gasteiger partial charge is 0.309 e. The number of benzene rings is 1. The van der Waals surface area contributed by atoms with Crippen LogP contribution >= 0.6 is 0 Å². The number of rotatable bonds is 4. The molecular formula is C14H17FO3. The summed E-state index contributed by atoms with van der Waals surface area (Å²) in [5.41, 5.74) is -0.108. The number of hydrogen-bond acceptors (Lipinski definition) is 2. The van der Waals surface area contributed by atoms with Gasteiger partial charge in [-0.3, -0.25) is 4.79 Å². The SMILES string of the molecule is COc1ccc(F)cc1CC1(C(=O)O)CCCC1. The van der Waals surface area contributed by atoms with Crippen molar-refractivity contribution in [2.45, 2.75) is 32.1 Å². The van der Waals surface area contributed by atoms with Crippen molar-refractivity contribution in [3.63, 3.8) is 0 Å². The molecule has 3 nitrogen and oxygen atoms in total. The molecule has 0 heterocycles. The molecule has 0 atom stereocenters. The maximum Gasteiger partial charge on any atom is 0.309 e. The highest BCUT2D eigenvalue weighted by Crippen LogP contribution is 2.42. The van der Waals surface area contributed by atoms with E-state index in [1.165, 1.54) is 19.2 Å². The molecule has 0 spiro atoms. The molecule has 0 aliphatic heterocycles. The van der Waals surface area contributed by atoms with Crippen LogP contribution in [0.3, 0.4) is 0 Å². The maximum absolute atomic E-state index is 13.3. The Bertz CT molecular complexity index is 450. The van der Waals surface area contributed by atoms with Crippen LogP contribution in [0, 0.1) is 11.2 Å². The Morgan fingerprint density at radius 2 is 2.11 bits per heavy atom. The van der Waals surface area contributed by atoms with Gasteiger partial charge in [-0.1, -0.05) is 12.8 Å². The number of ether oxygens (including phenoxy) is 1. The minimum atomic E-state index is -0.786. The zero-order valence-electron chi connectivity index (χ0n) is 10.4. The second kappa shape index (κ2) is 4.96. The van der Waals surface area contributed by atoms with Crippen molar-refractivity contribution in [1.29, 1.82) is 0 Å². The van der Waals surface area contributed by atoms with Gasteiger partial charge in [-0.25, -0.2) is 4.39 Å². The second-order valence-corrected chi connectivity index (χ2v) is 4.93. The number of halogens is 1. The van der Waals surface area contributed by atoms with Gasteiger partial charge < -0.3 is 9.84 Å². The molecule has 18 heavy (non-hydrogen) atoms. The lowest BCUT2D eigenvalue weighted by Crippen LogP contribution is -2.30. The summed E-state index contributed by atoms with van der Waals surface area (Å²) in [5.74, 6) is -0.584. The van der Waals surface area contributed by atoms with Crippen molar-refractivity contribution in [2.75, 3.05) is 7.11 Å². The number of hydrogen-bond donors (Lipinski definition) is 1. The number of carboxylic acid groups (broad SMARTS) is 1. The normalized spacial score (nSPS) is 17.7. The van der Waals surface area contributed by atoms with Crippen LogP contribution < -0.4 is 4.74 Å². The van der Waals surface area contributed by atoms with Crippen LogP contribution in [0.4, 0.5) is 4.39 Å². The summed E-state index contributed by atoms with van der Waals surface area (Å²) in [7, 11) is 1.51. The van der Waals surface area contributed by atoms with E-state index in [0.29, 0.717) is 30.6 Å². The highest BCUT2D eigenvalue weighted by molar-refractivity contribution is 5.75. The van der Waals surface area contributed by atoms with Gasteiger partial charge in [0.2, 0.25) is 0 Å². The summed E-state index contributed by atoms with van der Waals surface area (Å²) in [5, 5.41) is 9.42. The highest BCUT2D eigenvalue weighted by Gasteiger charge is 2.41. The molecule has 0 saturated heterocycles. The van der Waals surface area contributed by atoms with Crippen LogP contribution in [0.15, 0.2) is 18.2 Å². The van der Waals surface area contributed by atoms with E-state index in [-0.39, 0.29) is 5.82 Å². The molecule has 1 aromatic carbocycles. The summed E-state index contributed by atoms with van der Waals surface area (Å²) in [6.07, 6.45) is 3.49. The van der Waals surface area contributed by atoms with E-state index in [1.807, 2.05) is 0 Å². The predicted molar refractivity (Wildman–Crippen MR) is 65.2 cm³/mol. The number of methoxy groups -OCH3 is 1. The van der Waals surface area contributed by atoms with Gasteiger partial charge in [0.1, 0.15) is 11.6 Å². The molecule has 0 amide bonds. The van der Waals surface area contributed by atoms with Crippen molar-refractivity contribution in [3.05, 3.63) is 29.6 Å². The van der Waals surface area contributed by atoms with Gasteiger partial charge in [0.25, 0.3) is 0 Å². The molecule has 1 aromatic rings. The van der Waals surface area contributed by atoms with Crippen LogP contribution in [-0.2, 0) is 11.2 Å². The third-order valence-electron chi connectivity index (χ3n) is 3.79. The van der Waals surface area contributed by atoms with Gasteiger partial charge in [-0.05, 0) is 43.0 Å². The second-order valence-electron chi connectivity index (χ2n) is 4.93. The van der Waals surface area contributed by atoms with E-state index >= 15 is 0 Å². The van der Waals surface area contributed by atoms with Gasteiger partial charge in [-0.2, -0.15) is 0 Å². The topological polar surface area (TPSA) is 46.5 Å². The first-order chi connectivity index (χ1) is 8.57. The molecular weight excluding hydrogens is 235 g/mol. The molecule has 0 radical (unpaired) electrons. The van der Waals surface area contributed by atoms with Crippen molar-refractivity contribution in [1.82, 2.24) is 0 Å². The van der Waals surface area contributed by atoms with Gasteiger partial charge >= 0.3 is 5.97 Å². The van der Waals surface area contributed by atoms with Gasteiger partial charge in [0.05, 0.1) is 12.5 Å². The van der Waals surface area contributed by atoms with E-state index in [1.54, 1.807) is 6.07 Å². The first kappa shape index (κ1) is 12.9. The van der Waals surface area contributed by atoms with E-state index in [2.05, 4.69) is 0 Å². The molecule has 0 bridgehead atoms. The van der Waals surface area contributed by atoms with Gasteiger partial charge in [0, 0.05) is 0 Å². The van der Waals surface area contributed by atoms with Crippen molar-refractivity contribution < 1.29 is 19.0 Å². The standard InChI is InChI=1S/C14H17FO3/c1-18-12-5-4-11(15)8-10(12)9-14(13(16)17)6-2-3-7-14/h4-5,8H,2-3,6-7,9H2,1H3,(H,16,17). The fourth-order valence-electron chi connectivity index (χ4n) is 2.77. The van der Waals surface area contributed by atoms with Crippen LogP contribution in [0.1, 0.15) is 31.2 Å². The summed E-state index contributed by atoms with van der Waals surface area (Å²) in [6.45, 7) is 0. The van der Waals surface area contributed by atoms with Crippen molar-refractivity contribution in [3.8, 4) is 5.75 Å². The summed E-state index contributed by atoms with van der Waals surface area (Å²) in [6, 6.07) is 4.25. The largest absolute Gasteiger partial charge is 0.496 e. The third-order valence-corrected chi connectivity index (χ3v) is 3.79. The molecule has 0 unspecified atom stereocenters. The molecule has 1 saturated carbocycles. The summed E-state index contributed by atoms with van der Waals surface area (Å²) >= 11 is 0. The lowest BCUT2D eigenvalue weighted by Gasteiger charge is -2.24. The highest BCUT2D eigenvalue weighted by atomic mass is 19.1. The van der Waals surface area contributed by atoms with Gasteiger partial charge in [0.15, 0.2) is 0 Å². The molecule has 1 N–H and O–H groups in total. The van der Waals surface area contributed by atoms with Crippen molar-refractivity contribution in [2.24, 2.45) is 5.41 Å². The van der Waals surface area contributed by atoms with E-state index in [4.69, 9.17) is 4.74 Å². The Kier molecular flexibility index (Phi) is 3.55. The summed E-state index contributed by atoms with van der Waals surface area (Å²) in [4.78, 5) is 11.5. The molecule has 0 aromatic heterocycles. The Balaban J connectivity index is 2.32. The monoisotopic (exact) mass is 252 g/mol. The van der Waals surface area contributed by atoms with Crippen LogP contribution in [0.5, 0.6) is 5.75 Å². The van der Waals surface area contributed by atoms with Crippen molar-refractivity contribution >= 4 is 5.97 Å². The Labute approximate surface area is 106 Å². The Hall–Kier alpha value is -1.58. The Morgan fingerprint density at radius 3 is 2.67 bits per heavy atom. The zero-order chi connectivity index (χ0) is 13.2. The van der Waals surface area contributed by atoms with E-state index in [9.17, 15) is 14.3 Å². The number of aliphatic carboxylic acids is 1. The molecule has 98 valence electrons. The van der Waals surface area contributed by atoms with E-state index < -0.39 is 11.4 Å². The molecule has 4 heteroatoms. The molecule has 1 aliphatic carbocycles. The van der Waals surface area contributed by atoms with Crippen LogP contribution in [0.2, 0.25) is 0 Å². The van der Waals surface area contributed by atoms with E-state index in [0.717, 1.165) is 12.8 Å². The summed E-state index contributed by atoms with van der Waals surface area (Å²) < 4.78 is 18.5. The minimum Gasteiger partial charge on any atom is -0.496 e. The minimum absolute atomic E-state index is 0.337. The quantitative estimate of drug-likeness (QED) is 0.896. The van der Waals surface area contributed by atoms with Gasteiger partial charge in [-0.15, -0.1) is 0 Å². The predicted octanol–water partition coefficient (Wildman–Crippen LogP) is 3.02. The fraction of sp³-hybridized carbons (Fsp3) is 0.500. The molecule has 1 aliphatic rings. The first-order valence-electron chi connectivity index (χ1n) is 6.13. The van der Waals surface area contributed by atoms with Crippen LogP contribution in [-0.4, -0.2) is 18.2 Å². The molecule has 1 fully saturated rings. The maximum atomic E-state index is 13.3. The fourth-order valence-corrected chi connectivity index (χ4v) is 2.77. The zero-order valence-corrected chi connectivity index (χ0v) is 10.4. The lowest BCUT2D eigenvalue weighted by molar-refractivity contribution is -0.148. The average Bonchev–Trinajstić information content (AvgIpc) is 2.79. The van der Waals surface area contributed by atoms with Crippen LogP contribution in [0.25, 0.3) is 0 Å². The first-order valence-corrected chi connectivity index (χ1v) is 6.13. The Morgan fingerprint density at radius 1 is 1.44 bits per heavy atom.